The Hall–Kier alpha value is -5.14. The van der Waals surface area contributed by atoms with Crippen molar-refractivity contribution in [3.8, 4) is 11.5 Å². The normalized spacial score (nSPS) is 20.2. The molecule has 2 aromatic carbocycles. The molecule has 1 saturated carbocycles. The molecular formula is C44H58N6O7. The van der Waals surface area contributed by atoms with Gasteiger partial charge in [-0.25, -0.2) is 19.6 Å². The van der Waals surface area contributed by atoms with Crippen LogP contribution >= 0.6 is 0 Å². The number of nitrogens with two attached hydrogens (primary N) is 1. The zero-order chi connectivity index (χ0) is 41.1. The van der Waals surface area contributed by atoms with Crippen molar-refractivity contribution >= 4 is 35.1 Å². The lowest BCUT2D eigenvalue weighted by Crippen LogP contribution is -2.44. The summed E-state index contributed by atoms with van der Waals surface area (Å²) in [5.74, 6) is 0.910. The highest BCUT2D eigenvalue weighted by Gasteiger charge is 2.55. The second kappa shape index (κ2) is 16.8. The number of nitrogen functional groups attached to an aromatic ring is 1. The summed E-state index contributed by atoms with van der Waals surface area (Å²) < 4.78 is 33.0. The fourth-order valence-corrected chi connectivity index (χ4v) is 7.65. The number of nitrogens with zero attached hydrogens (tertiary/aromatic N) is 5. The first kappa shape index (κ1) is 41.5. The molecule has 2 amide bonds. The van der Waals surface area contributed by atoms with E-state index in [1.54, 1.807) is 15.9 Å². The number of hydrogen-bond acceptors (Lipinski definition) is 10. The van der Waals surface area contributed by atoms with Gasteiger partial charge < -0.3 is 43.8 Å². The molecule has 2 fully saturated rings. The molecule has 0 spiro atoms. The van der Waals surface area contributed by atoms with E-state index in [2.05, 4.69) is 21.1 Å². The minimum atomic E-state index is -0.831. The Labute approximate surface area is 336 Å². The summed E-state index contributed by atoms with van der Waals surface area (Å²) >= 11 is 0. The minimum absolute atomic E-state index is 0.106. The standard InChI is InChI=1S/C44H58N6O7/c1-10-30-27-50(39-35(30)38(45)46-28-47-39)34-25-31(36-37(34)55-44(8,9)54-36)26-49(41(52)57-43(5,6)7)22-15-21-48(40(51)56-42(2,3)4)23-20-29-16-14-19-33(24-29)53-32-17-12-11-13-18-32/h10-14,16-19,24,27-28,31,34,36-37H,1,15,20-23,25-26H2,2-9H3,(H2,45,46,47)/t31-,34-,36-,37+/m1/s1. The van der Waals surface area contributed by atoms with E-state index in [0.717, 1.165) is 28.0 Å². The molecule has 4 aromatic rings. The first-order valence-electron chi connectivity index (χ1n) is 19.8. The second-order valence-electron chi connectivity index (χ2n) is 17.3. The summed E-state index contributed by atoms with van der Waals surface area (Å²) in [5, 5.41) is 0.740. The highest BCUT2D eigenvalue weighted by molar-refractivity contribution is 5.94. The molecule has 2 N–H and O–H groups in total. The van der Waals surface area contributed by atoms with E-state index in [9.17, 15) is 9.59 Å². The van der Waals surface area contributed by atoms with Crippen LogP contribution in [0.2, 0.25) is 0 Å². The molecule has 1 aliphatic carbocycles. The van der Waals surface area contributed by atoms with Gasteiger partial charge in [0.05, 0.1) is 17.5 Å². The van der Waals surface area contributed by atoms with Crippen LogP contribution in [0.25, 0.3) is 17.1 Å². The molecule has 306 valence electrons. The fraction of sp³-hybridized carbons (Fsp3) is 0.500. The summed E-state index contributed by atoms with van der Waals surface area (Å²) in [4.78, 5) is 39.8. The van der Waals surface area contributed by atoms with Crippen LogP contribution in [0.3, 0.4) is 0 Å². The fourth-order valence-electron chi connectivity index (χ4n) is 7.65. The summed E-state index contributed by atoms with van der Waals surface area (Å²) in [6.45, 7) is 20.4. The second-order valence-corrected chi connectivity index (χ2v) is 17.3. The van der Waals surface area contributed by atoms with Crippen LogP contribution in [0.4, 0.5) is 15.4 Å². The van der Waals surface area contributed by atoms with Gasteiger partial charge in [-0.3, -0.25) is 0 Å². The number of aromatic nitrogens is 3. The Morgan fingerprint density at radius 1 is 0.912 bits per heavy atom. The number of amides is 2. The lowest BCUT2D eigenvalue weighted by molar-refractivity contribution is -0.160. The van der Waals surface area contributed by atoms with Crippen molar-refractivity contribution in [1.29, 1.82) is 0 Å². The van der Waals surface area contributed by atoms with Gasteiger partial charge in [0.1, 0.15) is 46.6 Å². The number of fused-ring (bicyclic) bond motifs is 2. The quantitative estimate of drug-likeness (QED) is 0.140. The maximum Gasteiger partial charge on any atom is 0.410 e. The number of para-hydroxylation sites is 1. The van der Waals surface area contributed by atoms with E-state index in [1.807, 2.05) is 116 Å². The summed E-state index contributed by atoms with van der Waals surface area (Å²) in [6, 6.07) is 17.3. The van der Waals surface area contributed by atoms with Crippen LogP contribution in [0, 0.1) is 5.92 Å². The summed E-state index contributed by atoms with van der Waals surface area (Å²) in [7, 11) is 0. The summed E-state index contributed by atoms with van der Waals surface area (Å²) in [6.07, 6.45) is 5.46. The lowest BCUT2D eigenvalue weighted by Gasteiger charge is -2.32. The molecule has 13 nitrogen and oxygen atoms in total. The first-order valence-corrected chi connectivity index (χ1v) is 19.8. The molecule has 13 heteroatoms. The molecule has 6 rings (SSSR count). The molecule has 2 aromatic heterocycles. The molecular weight excluding hydrogens is 725 g/mol. The third-order valence-electron chi connectivity index (χ3n) is 9.96. The van der Waals surface area contributed by atoms with E-state index in [0.29, 0.717) is 56.9 Å². The van der Waals surface area contributed by atoms with Gasteiger partial charge in [-0.15, -0.1) is 0 Å². The number of anilines is 1. The highest BCUT2D eigenvalue weighted by Crippen LogP contribution is 2.48. The number of ether oxygens (including phenoxy) is 5. The Bertz CT molecular complexity index is 2040. The predicted molar refractivity (Wildman–Crippen MR) is 220 cm³/mol. The molecule has 0 radical (unpaired) electrons. The van der Waals surface area contributed by atoms with Crippen molar-refractivity contribution in [3.05, 3.63) is 84.8 Å². The average molecular weight is 783 g/mol. The third kappa shape index (κ3) is 10.4. The maximum absolute atomic E-state index is 13.9. The van der Waals surface area contributed by atoms with Crippen LogP contribution in [-0.2, 0) is 25.4 Å². The van der Waals surface area contributed by atoms with Gasteiger partial charge in [0, 0.05) is 43.9 Å². The predicted octanol–water partition coefficient (Wildman–Crippen LogP) is 8.64. The Morgan fingerprint density at radius 3 is 2.25 bits per heavy atom. The van der Waals surface area contributed by atoms with E-state index in [4.69, 9.17) is 29.4 Å². The van der Waals surface area contributed by atoms with E-state index in [1.165, 1.54) is 6.33 Å². The van der Waals surface area contributed by atoms with Crippen LogP contribution in [0.15, 0.2) is 73.7 Å². The Balaban J connectivity index is 1.19. The van der Waals surface area contributed by atoms with Crippen molar-refractivity contribution in [3.63, 3.8) is 0 Å². The van der Waals surface area contributed by atoms with E-state index in [-0.39, 0.29) is 24.2 Å². The molecule has 1 aliphatic heterocycles. The zero-order valence-electron chi connectivity index (χ0n) is 34.6. The smallest absolute Gasteiger partial charge is 0.410 e. The van der Waals surface area contributed by atoms with E-state index >= 15 is 0 Å². The largest absolute Gasteiger partial charge is 0.457 e. The minimum Gasteiger partial charge on any atom is -0.457 e. The molecule has 2 aliphatic rings. The van der Waals surface area contributed by atoms with Crippen LogP contribution in [0.5, 0.6) is 11.5 Å². The van der Waals surface area contributed by atoms with Crippen molar-refractivity contribution < 1.29 is 33.3 Å². The lowest BCUT2D eigenvalue weighted by atomic mass is 10.0. The monoisotopic (exact) mass is 782 g/mol. The number of carbonyl (C=O) groups excluding carboxylic acids is 2. The van der Waals surface area contributed by atoms with Crippen molar-refractivity contribution in [2.75, 3.05) is 31.9 Å². The van der Waals surface area contributed by atoms with Gasteiger partial charge in [-0.1, -0.05) is 43.0 Å². The van der Waals surface area contributed by atoms with Crippen molar-refractivity contribution in [1.82, 2.24) is 24.3 Å². The van der Waals surface area contributed by atoms with Gasteiger partial charge in [0.15, 0.2) is 5.79 Å². The molecule has 0 bridgehead atoms. The van der Waals surface area contributed by atoms with Gasteiger partial charge in [-0.2, -0.15) is 0 Å². The highest BCUT2D eigenvalue weighted by atomic mass is 16.8. The number of carbonyl (C=O) groups is 2. The molecule has 3 heterocycles. The summed E-state index contributed by atoms with van der Waals surface area (Å²) in [5.41, 5.74) is 7.46. The number of benzene rings is 2. The molecule has 4 atom stereocenters. The van der Waals surface area contributed by atoms with Crippen LogP contribution in [-0.4, -0.2) is 91.9 Å². The SMILES string of the molecule is C=Cc1cn([C@@H]2C[C@H](CN(CCCN(CCc3cccc(Oc4ccccc4)c3)C(=O)OC(C)(C)C)C(=O)OC(C)(C)C)[C@H]3OC(C)(C)O[C@H]32)c2ncnc(N)c12. The molecule has 1 saturated heterocycles. The van der Waals surface area contributed by atoms with Crippen LogP contribution in [0.1, 0.15) is 85.4 Å². The maximum atomic E-state index is 13.9. The molecule has 0 unspecified atom stereocenters. The van der Waals surface area contributed by atoms with Gasteiger partial charge in [-0.05, 0) is 104 Å². The van der Waals surface area contributed by atoms with Crippen LogP contribution < -0.4 is 10.5 Å². The Morgan fingerprint density at radius 2 is 1.56 bits per heavy atom. The zero-order valence-corrected chi connectivity index (χ0v) is 34.6. The number of rotatable bonds is 13. The third-order valence-corrected chi connectivity index (χ3v) is 9.96. The van der Waals surface area contributed by atoms with E-state index < -0.39 is 29.2 Å². The average Bonchev–Trinajstić information content (AvgIpc) is 3.77. The van der Waals surface area contributed by atoms with Crippen molar-refractivity contribution in [2.24, 2.45) is 5.92 Å². The van der Waals surface area contributed by atoms with Gasteiger partial charge >= 0.3 is 12.2 Å². The van der Waals surface area contributed by atoms with Gasteiger partial charge in [0.25, 0.3) is 0 Å². The first-order chi connectivity index (χ1) is 26.9. The van der Waals surface area contributed by atoms with Gasteiger partial charge in [0.2, 0.25) is 0 Å². The molecule has 57 heavy (non-hydrogen) atoms. The number of hydrogen-bond donors (Lipinski definition) is 1. The van der Waals surface area contributed by atoms with Crippen molar-refractivity contribution in [2.45, 2.75) is 110 Å². The Kier molecular flexibility index (Phi) is 12.2. The topological polar surface area (TPSA) is 144 Å².